The summed E-state index contributed by atoms with van der Waals surface area (Å²) in [4.78, 5) is 11.0. The van der Waals surface area contributed by atoms with E-state index in [1.165, 1.54) is 59.6 Å². The van der Waals surface area contributed by atoms with Crippen LogP contribution in [0.5, 0.6) is 0 Å². The molecule has 4 aromatic heterocycles. The molecule has 230 valence electrons. The molecule has 0 unspecified atom stereocenters. The first-order chi connectivity index (χ1) is 24.8. The van der Waals surface area contributed by atoms with Crippen LogP contribution in [0.3, 0.4) is 0 Å². The Hall–Kier alpha value is -6.78. The van der Waals surface area contributed by atoms with Crippen molar-refractivity contribution in [2.75, 3.05) is 0 Å². The summed E-state index contributed by atoms with van der Waals surface area (Å²) < 4.78 is 4.84. The molecular weight excluding hydrogens is 609 g/mol. The van der Waals surface area contributed by atoms with Crippen LogP contribution in [0.2, 0.25) is 0 Å². The second-order valence-corrected chi connectivity index (χ2v) is 13.4. The van der Waals surface area contributed by atoms with Crippen molar-refractivity contribution in [1.29, 1.82) is 0 Å². The fourth-order valence-electron chi connectivity index (χ4n) is 8.77. The number of para-hydroxylation sites is 2. The van der Waals surface area contributed by atoms with E-state index in [0.717, 1.165) is 44.0 Å². The molecule has 4 heterocycles. The van der Waals surface area contributed by atoms with Gasteiger partial charge in [0.15, 0.2) is 0 Å². The Bertz CT molecular complexity index is 3370. The average Bonchev–Trinajstić information content (AvgIpc) is 3.67. The molecule has 4 nitrogen and oxygen atoms in total. The third-order valence-corrected chi connectivity index (χ3v) is 10.8. The second-order valence-electron chi connectivity index (χ2n) is 13.4. The van der Waals surface area contributed by atoms with Gasteiger partial charge in [0.25, 0.3) is 0 Å². The van der Waals surface area contributed by atoms with E-state index in [1.54, 1.807) is 0 Å². The predicted molar refractivity (Wildman–Crippen MR) is 209 cm³/mol. The molecule has 0 saturated heterocycles. The highest BCUT2D eigenvalue weighted by molar-refractivity contribution is 6.34. The third kappa shape index (κ3) is 3.25. The number of fused-ring (bicyclic) bond motifs is 10. The predicted octanol–water partition coefficient (Wildman–Crippen LogP) is 11.9. The fourth-order valence-corrected chi connectivity index (χ4v) is 8.77. The van der Waals surface area contributed by atoms with E-state index in [2.05, 4.69) is 167 Å². The van der Waals surface area contributed by atoms with E-state index in [0.29, 0.717) is 5.95 Å². The van der Waals surface area contributed by atoms with Crippen molar-refractivity contribution in [3.8, 4) is 17.2 Å². The van der Waals surface area contributed by atoms with Crippen LogP contribution < -0.4 is 0 Å². The van der Waals surface area contributed by atoms with Crippen molar-refractivity contribution >= 4 is 92.3 Å². The summed E-state index contributed by atoms with van der Waals surface area (Å²) in [6, 6.07) is 56.9. The Morgan fingerprint density at radius 1 is 0.380 bits per heavy atom. The molecule has 8 aromatic carbocycles. The molecule has 12 rings (SSSR count). The molecule has 0 aliphatic heterocycles. The van der Waals surface area contributed by atoms with Gasteiger partial charge < -0.3 is 4.40 Å². The summed E-state index contributed by atoms with van der Waals surface area (Å²) in [6.07, 6.45) is 0. The summed E-state index contributed by atoms with van der Waals surface area (Å²) in [5.41, 5.74) is 8.81. The highest BCUT2D eigenvalue weighted by atomic mass is 15.2. The lowest BCUT2D eigenvalue weighted by Gasteiger charge is -2.14. The first-order valence-corrected chi connectivity index (χ1v) is 17.1. The molecule has 12 aromatic rings. The molecule has 0 radical (unpaired) electrons. The van der Waals surface area contributed by atoms with Gasteiger partial charge in [-0.15, -0.1) is 0 Å². The van der Waals surface area contributed by atoms with E-state index in [4.69, 9.17) is 9.97 Å². The number of hydrogen-bond acceptors (Lipinski definition) is 2. The van der Waals surface area contributed by atoms with Crippen molar-refractivity contribution in [2.45, 2.75) is 0 Å². The van der Waals surface area contributed by atoms with E-state index >= 15 is 0 Å². The summed E-state index contributed by atoms with van der Waals surface area (Å²) in [6.45, 7) is 0. The Balaban J connectivity index is 1.38. The van der Waals surface area contributed by atoms with E-state index in [-0.39, 0.29) is 0 Å². The van der Waals surface area contributed by atoms with Gasteiger partial charge in [-0.3, -0.25) is 4.57 Å². The van der Waals surface area contributed by atoms with Gasteiger partial charge in [-0.05, 0) is 40.4 Å². The van der Waals surface area contributed by atoms with Crippen LogP contribution in [0.25, 0.3) is 110 Å². The number of nitrogens with zero attached hydrogens (tertiary/aromatic N) is 4. The topological polar surface area (TPSA) is 35.1 Å². The van der Waals surface area contributed by atoms with Crippen LogP contribution in [0.1, 0.15) is 0 Å². The molecule has 0 atom stereocenters. The van der Waals surface area contributed by atoms with Crippen molar-refractivity contribution in [3.63, 3.8) is 0 Å². The number of rotatable bonds is 2. The fraction of sp³-hybridized carbons (Fsp3) is 0. The van der Waals surface area contributed by atoms with Crippen molar-refractivity contribution in [2.24, 2.45) is 0 Å². The van der Waals surface area contributed by atoms with Crippen LogP contribution >= 0.6 is 0 Å². The molecule has 0 aliphatic rings. The van der Waals surface area contributed by atoms with Crippen molar-refractivity contribution in [1.82, 2.24) is 18.9 Å². The van der Waals surface area contributed by atoms with Gasteiger partial charge in [-0.25, -0.2) is 9.97 Å². The highest BCUT2D eigenvalue weighted by Gasteiger charge is 2.25. The first kappa shape index (κ1) is 26.2. The molecule has 4 heteroatoms. The Kier molecular flexibility index (Phi) is 4.94. The average molecular weight is 635 g/mol. The van der Waals surface area contributed by atoms with Gasteiger partial charge in [0.2, 0.25) is 5.95 Å². The Morgan fingerprint density at radius 2 is 1.04 bits per heavy atom. The van der Waals surface area contributed by atoms with E-state index < -0.39 is 0 Å². The molecule has 0 fully saturated rings. The van der Waals surface area contributed by atoms with Gasteiger partial charge in [0.05, 0.1) is 38.8 Å². The van der Waals surface area contributed by atoms with Crippen molar-refractivity contribution in [3.05, 3.63) is 158 Å². The van der Waals surface area contributed by atoms with E-state index in [9.17, 15) is 0 Å². The minimum absolute atomic E-state index is 0.670. The van der Waals surface area contributed by atoms with Crippen LogP contribution in [-0.4, -0.2) is 18.9 Å². The van der Waals surface area contributed by atoms with Gasteiger partial charge in [0.1, 0.15) is 0 Å². The molecular formula is C46H26N4. The lowest BCUT2D eigenvalue weighted by molar-refractivity contribution is 1.02. The maximum atomic E-state index is 5.51. The second kappa shape index (κ2) is 9.43. The Labute approximate surface area is 285 Å². The van der Waals surface area contributed by atoms with Gasteiger partial charge in [-0.2, -0.15) is 0 Å². The number of hydrogen-bond donors (Lipinski definition) is 0. The first-order valence-electron chi connectivity index (χ1n) is 17.1. The lowest BCUT2D eigenvalue weighted by atomic mass is 10.0. The minimum Gasteiger partial charge on any atom is -0.308 e. The standard InChI is InChI=1S/C46H26N4/c1-2-13-28(14-3-1)42-36-25-24-27-12-4-6-16-30(27)43(36)48-46(47-42)50-38-23-11-19-33-35-21-10-20-34-32-18-8-9-22-37(32)49(44(34)35)39-26-29-15-5-7-17-31(29)45(50)41(39)40(33)38/h1-26H. The largest absolute Gasteiger partial charge is 0.308 e. The van der Waals surface area contributed by atoms with Crippen LogP contribution in [0.15, 0.2) is 158 Å². The number of benzene rings is 8. The molecule has 0 saturated carbocycles. The van der Waals surface area contributed by atoms with Crippen LogP contribution in [-0.2, 0) is 0 Å². The van der Waals surface area contributed by atoms with Crippen LogP contribution in [0.4, 0.5) is 0 Å². The monoisotopic (exact) mass is 634 g/mol. The zero-order valence-corrected chi connectivity index (χ0v) is 26.8. The summed E-state index contributed by atoms with van der Waals surface area (Å²) in [7, 11) is 0. The lowest BCUT2D eigenvalue weighted by Crippen LogP contribution is -2.04. The minimum atomic E-state index is 0.670. The third-order valence-electron chi connectivity index (χ3n) is 10.8. The quantitative estimate of drug-likeness (QED) is 0.177. The molecule has 0 spiro atoms. The van der Waals surface area contributed by atoms with Crippen molar-refractivity contribution < 1.29 is 0 Å². The van der Waals surface area contributed by atoms with Crippen LogP contribution in [0, 0.1) is 0 Å². The molecule has 0 aliphatic carbocycles. The molecule has 0 bridgehead atoms. The summed E-state index contributed by atoms with van der Waals surface area (Å²) in [5, 5.41) is 13.1. The molecule has 0 amide bonds. The SMILES string of the molecule is c1ccc(-c2nc(-n3c4cccc5c6cccc7c8ccccc8n(c8cc9ccccc9c3c8c54)c67)nc3c2ccc2ccccc23)cc1. The van der Waals surface area contributed by atoms with Gasteiger partial charge >= 0.3 is 0 Å². The van der Waals surface area contributed by atoms with E-state index in [1.807, 2.05) is 0 Å². The maximum absolute atomic E-state index is 5.51. The maximum Gasteiger partial charge on any atom is 0.235 e. The smallest absolute Gasteiger partial charge is 0.235 e. The van der Waals surface area contributed by atoms with Gasteiger partial charge in [-0.1, -0.05) is 133 Å². The summed E-state index contributed by atoms with van der Waals surface area (Å²) >= 11 is 0. The summed E-state index contributed by atoms with van der Waals surface area (Å²) in [5.74, 6) is 0.670. The zero-order chi connectivity index (χ0) is 32.5. The molecule has 0 N–H and O–H groups in total. The highest BCUT2D eigenvalue weighted by Crippen LogP contribution is 2.46. The number of aromatic nitrogens is 4. The molecule has 50 heavy (non-hydrogen) atoms. The Morgan fingerprint density at radius 3 is 1.92 bits per heavy atom. The normalized spacial score (nSPS) is 12.4. The zero-order valence-electron chi connectivity index (χ0n) is 26.8. The van der Waals surface area contributed by atoms with Gasteiger partial charge in [0, 0.05) is 48.7 Å².